The van der Waals surface area contributed by atoms with Crippen molar-refractivity contribution in [3.63, 3.8) is 0 Å². The minimum Gasteiger partial charge on any atom is -0.492 e. The summed E-state index contributed by atoms with van der Waals surface area (Å²) < 4.78 is 18.3. The summed E-state index contributed by atoms with van der Waals surface area (Å²) >= 11 is 0. The van der Waals surface area contributed by atoms with Crippen molar-refractivity contribution in [2.45, 2.75) is 0 Å². The van der Waals surface area contributed by atoms with E-state index in [2.05, 4.69) is 5.32 Å². The van der Waals surface area contributed by atoms with Gasteiger partial charge in [0.15, 0.2) is 0 Å². The third-order valence-electron chi connectivity index (χ3n) is 3.43. The maximum atomic E-state index is 12.7. The molecule has 7 heteroatoms. The average molecular weight is 332 g/mol. The molecule has 1 fully saturated rings. The van der Waals surface area contributed by atoms with Crippen LogP contribution in [0.3, 0.4) is 0 Å². The van der Waals surface area contributed by atoms with Gasteiger partial charge in [-0.25, -0.2) is 4.39 Å². The van der Waals surface area contributed by atoms with Gasteiger partial charge in [-0.2, -0.15) is 0 Å². The average Bonchev–Trinajstić information content (AvgIpc) is 2.50. The first-order chi connectivity index (χ1) is 10.1. The molecule has 5 nitrogen and oxygen atoms in total. The highest BCUT2D eigenvalue weighted by molar-refractivity contribution is 5.85. The van der Waals surface area contributed by atoms with Gasteiger partial charge >= 0.3 is 0 Å². The monoisotopic (exact) mass is 331 g/mol. The summed E-state index contributed by atoms with van der Waals surface area (Å²) in [6, 6.07) is 5.93. The van der Waals surface area contributed by atoms with Gasteiger partial charge in [0.05, 0.1) is 6.54 Å². The third kappa shape index (κ3) is 6.17. The molecule has 1 saturated heterocycles. The molecular formula is C15H23ClFN3O2. The molecule has 1 N–H and O–H groups in total. The highest BCUT2D eigenvalue weighted by Crippen LogP contribution is 2.10. The molecule has 0 saturated carbocycles. The molecule has 1 aromatic carbocycles. The number of likely N-dealkylation sites (N-methyl/N-ethyl adjacent to an activating group) is 1. The smallest absolute Gasteiger partial charge is 0.236 e. The first-order valence-corrected chi connectivity index (χ1v) is 7.20. The fraction of sp³-hybridized carbons (Fsp3) is 0.533. The highest BCUT2D eigenvalue weighted by atomic mass is 35.5. The van der Waals surface area contributed by atoms with Crippen molar-refractivity contribution in [1.82, 2.24) is 15.1 Å². The number of hydrogen-bond acceptors (Lipinski definition) is 4. The molecular weight excluding hydrogens is 309 g/mol. The van der Waals surface area contributed by atoms with Gasteiger partial charge in [0.25, 0.3) is 0 Å². The van der Waals surface area contributed by atoms with Crippen LogP contribution >= 0.6 is 12.4 Å². The van der Waals surface area contributed by atoms with Gasteiger partial charge in [0.2, 0.25) is 5.91 Å². The number of benzene rings is 1. The molecule has 0 aromatic heterocycles. The quantitative estimate of drug-likeness (QED) is 0.844. The number of amides is 1. The lowest BCUT2D eigenvalue weighted by Crippen LogP contribution is -2.49. The lowest BCUT2D eigenvalue weighted by molar-refractivity contribution is -0.132. The van der Waals surface area contributed by atoms with Gasteiger partial charge in [0.1, 0.15) is 18.2 Å². The number of rotatable bonds is 6. The van der Waals surface area contributed by atoms with Crippen LogP contribution in [-0.4, -0.2) is 68.6 Å². The van der Waals surface area contributed by atoms with E-state index in [4.69, 9.17) is 4.74 Å². The molecule has 0 bridgehead atoms. The second-order valence-electron chi connectivity index (χ2n) is 5.17. The van der Waals surface area contributed by atoms with Crippen molar-refractivity contribution in [1.29, 1.82) is 0 Å². The molecule has 0 atom stereocenters. The molecule has 1 heterocycles. The zero-order valence-corrected chi connectivity index (χ0v) is 13.6. The van der Waals surface area contributed by atoms with E-state index in [9.17, 15) is 9.18 Å². The predicted octanol–water partition coefficient (Wildman–Crippen LogP) is 0.990. The number of nitrogens with one attached hydrogen (secondary N) is 1. The molecule has 0 spiro atoms. The molecule has 1 aliphatic rings. The Balaban J connectivity index is 0.00000242. The van der Waals surface area contributed by atoms with Crippen LogP contribution in [0.15, 0.2) is 24.3 Å². The van der Waals surface area contributed by atoms with E-state index >= 15 is 0 Å². The standard InChI is InChI=1S/C15H22FN3O2.ClH/c1-18(12-15(20)19-8-6-17-7-9-19)10-11-21-14-4-2-13(16)3-5-14;/h2-5,17H,6-12H2,1H3;1H. The van der Waals surface area contributed by atoms with E-state index < -0.39 is 0 Å². The van der Waals surface area contributed by atoms with Crippen molar-refractivity contribution < 1.29 is 13.9 Å². The second-order valence-corrected chi connectivity index (χ2v) is 5.17. The van der Waals surface area contributed by atoms with Crippen LogP contribution in [0.1, 0.15) is 0 Å². The normalized spacial score (nSPS) is 14.6. The largest absolute Gasteiger partial charge is 0.492 e. The maximum absolute atomic E-state index is 12.7. The minimum atomic E-state index is -0.277. The molecule has 0 unspecified atom stereocenters. The Kier molecular flexibility index (Phi) is 8.16. The van der Waals surface area contributed by atoms with Crippen LogP contribution in [0, 0.1) is 5.82 Å². The van der Waals surface area contributed by atoms with Crippen molar-refractivity contribution in [2.75, 3.05) is 52.9 Å². The van der Waals surface area contributed by atoms with E-state index in [-0.39, 0.29) is 24.1 Å². The Morgan fingerprint density at radius 3 is 2.59 bits per heavy atom. The van der Waals surface area contributed by atoms with E-state index in [1.54, 1.807) is 12.1 Å². The first-order valence-electron chi connectivity index (χ1n) is 7.20. The van der Waals surface area contributed by atoms with Crippen LogP contribution in [0.2, 0.25) is 0 Å². The lowest BCUT2D eigenvalue weighted by Gasteiger charge is -2.29. The van der Waals surface area contributed by atoms with Gasteiger partial charge in [-0.05, 0) is 31.3 Å². The van der Waals surface area contributed by atoms with Crippen LogP contribution < -0.4 is 10.1 Å². The maximum Gasteiger partial charge on any atom is 0.236 e. The fourth-order valence-electron chi connectivity index (χ4n) is 2.17. The molecule has 1 amide bonds. The number of piperazine rings is 1. The lowest BCUT2D eigenvalue weighted by atomic mass is 10.3. The van der Waals surface area contributed by atoms with Gasteiger partial charge in [0, 0.05) is 32.7 Å². The van der Waals surface area contributed by atoms with E-state index in [0.717, 1.165) is 26.2 Å². The zero-order chi connectivity index (χ0) is 15.1. The Morgan fingerprint density at radius 1 is 1.32 bits per heavy atom. The summed E-state index contributed by atoms with van der Waals surface area (Å²) in [5, 5.41) is 3.23. The number of carbonyl (C=O) groups excluding carboxylic acids is 1. The summed E-state index contributed by atoms with van der Waals surface area (Å²) in [7, 11) is 1.90. The van der Waals surface area contributed by atoms with Gasteiger partial charge in [-0.15, -0.1) is 12.4 Å². The molecule has 1 aromatic rings. The molecule has 1 aliphatic heterocycles. The molecule has 2 rings (SSSR count). The fourth-order valence-corrected chi connectivity index (χ4v) is 2.17. The first kappa shape index (κ1) is 18.7. The van der Waals surface area contributed by atoms with Crippen molar-refractivity contribution in [2.24, 2.45) is 0 Å². The van der Waals surface area contributed by atoms with Gasteiger partial charge < -0.3 is 15.0 Å². The Labute approximate surface area is 136 Å². The summed E-state index contributed by atoms with van der Waals surface area (Å²) in [5.41, 5.74) is 0. The van der Waals surface area contributed by atoms with E-state index in [0.29, 0.717) is 25.4 Å². The minimum absolute atomic E-state index is 0. The van der Waals surface area contributed by atoms with Crippen LogP contribution in [0.5, 0.6) is 5.75 Å². The molecule has 0 radical (unpaired) electrons. The van der Waals surface area contributed by atoms with Crippen molar-refractivity contribution >= 4 is 18.3 Å². The number of carbonyl (C=O) groups is 1. The zero-order valence-electron chi connectivity index (χ0n) is 12.8. The van der Waals surface area contributed by atoms with Gasteiger partial charge in [-0.3, -0.25) is 9.69 Å². The summed E-state index contributed by atoms with van der Waals surface area (Å²) in [4.78, 5) is 15.9. The van der Waals surface area contributed by atoms with Gasteiger partial charge in [-0.1, -0.05) is 0 Å². The highest BCUT2D eigenvalue weighted by Gasteiger charge is 2.17. The SMILES string of the molecule is CN(CCOc1ccc(F)cc1)CC(=O)N1CCNCC1.Cl. The second kappa shape index (κ2) is 9.61. The number of halogens is 2. The van der Waals surface area contributed by atoms with Crippen molar-refractivity contribution in [3.05, 3.63) is 30.1 Å². The van der Waals surface area contributed by atoms with Crippen LogP contribution in [-0.2, 0) is 4.79 Å². The number of hydrogen-bond donors (Lipinski definition) is 1. The predicted molar refractivity (Wildman–Crippen MR) is 86.1 cm³/mol. The molecule has 0 aliphatic carbocycles. The Bertz CT molecular complexity index is 453. The third-order valence-corrected chi connectivity index (χ3v) is 3.43. The van der Waals surface area contributed by atoms with Crippen LogP contribution in [0.25, 0.3) is 0 Å². The molecule has 22 heavy (non-hydrogen) atoms. The Morgan fingerprint density at radius 2 is 1.95 bits per heavy atom. The summed E-state index contributed by atoms with van der Waals surface area (Å²) in [6.07, 6.45) is 0. The van der Waals surface area contributed by atoms with Crippen molar-refractivity contribution in [3.8, 4) is 5.75 Å². The molecule has 124 valence electrons. The summed E-state index contributed by atoms with van der Waals surface area (Å²) in [6.45, 7) is 4.79. The number of nitrogens with zero attached hydrogens (tertiary/aromatic N) is 2. The Hall–Kier alpha value is -1.37. The van der Waals surface area contributed by atoms with E-state index in [1.165, 1.54) is 12.1 Å². The topological polar surface area (TPSA) is 44.8 Å². The summed E-state index contributed by atoms with van der Waals surface area (Å²) in [5.74, 6) is 0.514. The van der Waals surface area contributed by atoms with Crippen LogP contribution in [0.4, 0.5) is 4.39 Å². The number of ether oxygens (including phenoxy) is 1. The van der Waals surface area contributed by atoms with E-state index in [1.807, 2.05) is 16.8 Å².